The fourth-order valence-corrected chi connectivity index (χ4v) is 22.7. The van der Waals surface area contributed by atoms with E-state index in [2.05, 4.69) is 0 Å². The molecular formula is C39H68O10S5. The van der Waals surface area contributed by atoms with Crippen LogP contribution >= 0.6 is 0 Å². The van der Waals surface area contributed by atoms with Gasteiger partial charge in [-0.05, 0) is 182 Å². The summed E-state index contributed by atoms with van der Waals surface area (Å²) in [4.78, 5) is 0. The van der Waals surface area contributed by atoms with E-state index in [0.29, 0.717) is 51.4 Å². The largest absolute Gasteiger partial charge is 0.229 e. The molecule has 11 fully saturated rings. The Hall–Kier alpha value is -0.250. The molecule has 6 heterocycles. The average molecular weight is 857 g/mol. The van der Waals surface area contributed by atoms with Gasteiger partial charge in [0.05, 0.1) is 57.0 Å². The molecular weight excluding hydrogens is 789 g/mol. The Balaban J connectivity index is 1.06. The summed E-state index contributed by atoms with van der Waals surface area (Å²) in [6, 6.07) is 0. The zero-order chi connectivity index (χ0) is 38.8. The third-order valence-electron chi connectivity index (χ3n) is 14.6. The van der Waals surface area contributed by atoms with Crippen LogP contribution in [0.25, 0.3) is 0 Å². The van der Waals surface area contributed by atoms with Gasteiger partial charge in [0.15, 0.2) is 49.2 Å². The van der Waals surface area contributed by atoms with Crippen molar-refractivity contribution in [3.05, 3.63) is 0 Å². The Morgan fingerprint density at radius 3 is 0.537 bits per heavy atom. The van der Waals surface area contributed by atoms with Gasteiger partial charge < -0.3 is 0 Å². The van der Waals surface area contributed by atoms with E-state index in [-0.39, 0.29) is 105 Å². The molecule has 11 aliphatic rings. The number of sulfone groups is 5. The van der Waals surface area contributed by atoms with Gasteiger partial charge in [-0.25, -0.2) is 42.1 Å². The van der Waals surface area contributed by atoms with Gasteiger partial charge in [-0.1, -0.05) is 0 Å². The van der Waals surface area contributed by atoms with Gasteiger partial charge in [-0.2, -0.15) is 0 Å². The van der Waals surface area contributed by atoms with Crippen LogP contribution in [-0.4, -0.2) is 99.1 Å². The summed E-state index contributed by atoms with van der Waals surface area (Å²) in [5.41, 5.74) is 0. The number of rotatable bonds is 0. The van der Waals surface area contributed by atoms with E-state index in [4.69, 9.17) is 0 Å². The highest BCUT2D eigenvalue weighted by Crippen LogP contribution is 2.38. The van der Waals surface area contributed by atoms with E-state index >= 15 is 0 Å². The van der Waals surface area contributed by atoms with Crippen LogP contribution in [0.5, 0.6) is 0 Å². The molecule has 0 spiro atoms. The number of fused-ring (bicyclic) bond motifs is 5. The average Bonchev–Trinajstić information content (AvgIpc) is 3.07. The van der Waals surface area contributed by atoms with Gasteiger partial charge in [-0.3, -0.25) is 0 Å². The summed E-state index contributed by atoms with van der Waals surface area (Å²) in [6.07, 6.45) is 13.7. The minimum Gasteiger partial charge on any atom is -0.229 e. The molecule has 0 radical (unpaired) electrons. The quantitative estimate of drug-likeness (QED) is 0.288. The highest BCUT2D eigenvalue weighted by atomic mass is 32.2. The molecule has 0 unspecified atom stereocenters. The molecule has 10 nitrogen and oxygen atoms in total. The fourth-order valence-electron chi connectivity index (χ4n) is 11.5. The Labute approximate surface area is 328 Å². The van der Waals surface area contributed by atoms with Crippen LogP contribution in [0.2, 0.25) is 0 Å². The molecule has 10 bridgehead atoms. The first kappa shape index (κ1) is 43.3. The maximum Gasteiger partial charge on any atom is 0.153 e. The molecule has 0 amide bonds. The maximum absolute atomic E-state index is 13.5. The summed E-state index contributed by atoms with van der Waals surface area (Å²) in [5, 5.41) is -0.436. The van der Waals surface area contributed by atoms with Crippen LogP contribution in [0.1, 0.15) is 128 Å². The smallest absolute Gasteiger partial charge is 0.153 e. The van der Waals surface area contributed by atoms with E-state index in [1.54, 1.807) is 0 Å². The number of hydrogen-bond donors (Lipinski definition) is 0. The van der Waals surface area contributed by atoms with Crippen molar-refractivity contribution in [1.29, 1.82) is 0 Å². The molecule has 6 saturated heterocycles. The zero-order valence-electron chi connectivity index (χ0n) is 32.4. The van der Waals surface area contributed by atoms with Gasteiger partial charge in [-0.15, -0.1) is 0 Å². The molecule has 15 heteroatoms. The standard InChI is InChI=1S/C39H68O10S5/c40-50(41)21-30-1-3-31(4-2-30)22-51(42,43)24-33-9-11-35(12-10-33)26-53(46,47)28-37-17-19-39(20-18-37)54(48,49)29-38-15-13-36(14-16-38)27-52(44,45)25-34-7-5-32(23-50)6-8-34/h30-39H,1-29H2/t30-,31+,32-,33-,34+,35+,36-,37-,38+,39+. The number of hydrogen-bond acceptors (Lipinski definition) is 10. The predicted octanol–water partition coefficient (Wildman–Crippen LogP) is 5.86. The van der Waals surface area contributed by atoms with Crippen molar-refractivity contribution in [3.8, 4) is 0 Å². The lowest BCUT2D eigenvalue weighted by atomic mass is 9.84. The van der Waals surface area contributed by atoms with Gasteiger partial charge in [0, 0.05) is 0 Å². The Kier molecular flexibility index (Phi) is 14.4. The molecule has 0 aromatic rings. The third-order valence-corrected chi connectivity index (χ3v) is 24.8. The first-order chi connectivity index (χ1) is 25.3. The normalized spacial score (nSPS) is 42.1. The maximum atomic E-state index is 13.5. The molecule has 11 rings (SSSR count). The minimum atomic E-state index is -3.33. The van der Waals surface area contributed by atoms with Crippen LogP contribution in [0.4, 0.5) is 0 Å². The fraction of sp³-hybridized carbons (Fsp3) is 1.00. The second-order valence-corrected chi connectivity index (χ2v) is 30.3. The minimum absolute atomic E-state index is 0.0299. The van der Waals surface area contributed by atoms with Crippen molar-refractivity contribution in [2.45, 2.75) is 134 Å². The van der Waals surface area contributed by atoms with Crippen LogP contribution in [0.15, 0.2) is 0 Å². The van der Waals surface area contributed by atoms with Crippen LogP contribution in [0.3, 0.4) is 0 Å². The van der Waals surface area contributed by atoms with Crippen LogP contribution in [0, 0.1) is 53.3 Å². The molecule has 0 aromatic heterocycles. The summed E-state index contributed by atoms with van der Waals surface area (Å²) >= 11 is 0. The lowest BCUT2D eigenvalue weighted by Gasteiger charge is -2.33. The van der Waals surface area contributed by atoms with Gasteiger partial charge in [0.25, 0.3) is 0 Å². The lowest BCUT2D eigenvalue weighted by Crippen LogP contribution is -2.35. The van der Waals surface area contributed by atoms with Gasteiger partial charge in [0.1, 0.15) is 0 Å². The molecule has 0 aromatic carbocycles. The molecule has 0 N–H and O–H groups in total. The highest BCUT2D eigenvalue weighted by Gasteiger charge is 2.38. The summed E-state index contributed by atoms with van der Waals surface area (Å²) in [7, 11) is -16.5. The van der Waals surface area contributed by atoms with Gasteiger partial charge in [0.2, 0.25) is 0 Å². The van der Waals surface area contributed by atoms with E-state index < -0.39 is 54.4 Å². The molecule has 6 aliphatic heterocycles. The van der Waals surface area contributed by atoms with E-state index in [0.717, 1.165) is 77.0 Å². The van der Waals surface area contributed by atoms with Crippen molar-refractivity contribution in [2.75, 3.05) is 51.8 Å². The van der Waals surface area contributed by atoms with Crippen molar-refractivity contribution in [2.24, 2.45) is 53.3 Å². The monoisotopic (exact) mass is 856 g/mol. The van der Waals surface area contributed by atoms with Crippen molar-refractivity contribution >= 4 is 49.2 Å². The molecule has 54 heavy (non-hydrogen) atoms. The van der Waals surface area contributed by atoms with E-state index in [9.17, 15) is 42.1 Å². The highest BCUT2D eigenvalue weighted by molar-refractivity contribution is 7.92. The molecule has 0 atom stereocenters. The van der Waals surface area contributed by atoms with Crippen molar-refractivity contribution in [3.63, 3.8) is 0 Å². The van der Waals surface area contributed by atoms with Crippen LogP contribution < -0.4 is 0 Å². The summed E-state index contributed by atoms with van der Waals surface area (Å²) in [6.45, 7) is 0. The van der Waals surface area contributed by atoms with Crippen LogP contribution in [-0.2, 0) is 49.2 Å². The topological polar surface area (TPSA) is 171 Å². The summed E-state index contributed by atoms with van der Waals surface area (Å²) < 4.78 is 133. The SMILES string of the molecule is O=S1(=O)C[C@H]2CC[C@H](CC2)CS(=O)(=O)C[C@H]2CC[C@H](CC2)CS(=O)(=O)C[C@H]2CC[C@H](CC2)S(=O)(=O)C[C@@H]2CC[C@@H](CC2)CS(=O)(=O)C[C@@H]2CC[C@@H](CC2)C1. The van der Waals surface area contributed by atoms with Crippen molar-refractivity contribution < 1.29 is 42.1 Å². The lowest BCUT2D eigenvalue weighted by molar-refractivity contribution is 0.297. The Morgan fingerprint density at radius 1 is 0.204 bits per heavy atom. The van der Waals surface area contributed by atoms with Crippen molar-refractivity contribution in [1.82, 2.24) is 0 Å². The first-order valence-electron chi connectivity index (χ1n) is 21.3. The summed E-state index contributed by atoms with van der Waals surface area (Å²) in [5.74, 6) is 1.55. The zero-order valence-corrected chi connectivity index (χ0v) is 36.5. The second kappa shape index (κ2) is 17.9. The van der Waals surface area contributed by atoms with Gasteiger partial charge >= 0.3 is 0 Å². The Morgan fingerprint density at radius 2 is 0.352 bits per heavy atom. The molecule has 5 saturated carbocycles. The Bertz CT molecular complexity index is 1780. The molecule has 314 valence electrons. The second-order valence-electron chi connectivity index (χ2n) is 19.3. The molecule has 5 aliphatic carbocycles. The van der Waals surface area contributed by atoms with E-state index in [1.165, 1.54) is 0 Å². The predicted molar refractivity (Wildman–Crippen MR) is 216 cm³/mol. The third kappa shape index (κ3) is 13.1. The van der Waals surface area contributed by atoms with E-state index in [1.807, 2.05) is 0 Å². The first-order valence-corrected chi connectivity index (χ1v) is 30.3.